The molecule has 0 unspecified atom stereocenters. The van der Waals surface area contributed by atoms with Crippen LogP contribution in [0.3, 0.4) is 0 Å². The fourth-order valence-electron chi connectivity index (χ4n) is 2.71. The van der Waals surface area contributed by atoms with Crippen molar-refractivity contribution in [1.29, 1.82) is 0 Å². The van der Waals surface area contributed by atoms with Crippen LogP contribution in [0.5, 0.6) is 5.75 Å². The third kappa shape index (κ3) is 4.04. The summed E-state index contributed by atoms with van der Waals surface area (Å²) in [5.74, 6) is 1.07. The predicted molar refractivity (Wildman–Crippen MR) is 77.3 cm³/mol. The highest BCUT2D eigenvalue weighted by molar-refractivity contribution is 5.38. The second-order valence-electron chi connectivity index (χ2n) is 5.40. The second-order valence-corrected chi connectivity index (χ2v) is 5.40. The van der Waals surface area contributed by atoms with Crippen molar-refractivity contribution in [3.63, 3.8) is 0 Å². The number of aryl methyl sites for hydroxylation is 2. The fraction of sp³-hybridized carbons (Fsp3) is 0.647. The number of unbranched alkanes of at least 4 members (excludes halogenated alkanes) is 5. The first-order valence-electron chi connectivity index (χ1n) is 7.65. The summed E-state index contributed by atoms with van der Waals surface area (Å²) in [6.07, 6.45) is 11.8. The summed E-state index contributed by atoms with van der Waals surface area (Å²) in [4.78, 5) is 0. The van der Waals surface area contributed by atoms with Crippen molar-refractivity contribution in [2.75, 3.05) is 6.61 Å². The Balaban J connectivity index is 1.62. The lowest BCUT2D eigenvalue weighted by Crippen LogP contribution is -1.98. The van der Waals surface area contributed by atoms with Gasteiger partial charge in [-0.05, 0) is 48.9 Å². The first-order chi connectivity index (χ1) is 8.90. The van der Waals surface area contributed by atoms with E-state index in [4.69, 9.17) is 4.74 Å². The van der Waals surface area contributed by atoms with E-state index in [9.17, 15) is 0 Å². The number of hydrogen-bond acceptors (Lipinski definition) is 1. The van der Waals surface area contributed by atoms with Gasteiger partial charge in [-0.3, -0.25) is 0 Å². The SMILES string of the molecule is CCCCCCCCOc1ccc2c(c1)CCC2. The molecule has 1 aromatic rings. The largest absolute Gasteiger partial charge is 0.494 e. The maximum Gasteiger partial charge on any atom is 0.119 e. The zero-order valence-electron chi connectivity index (χ0n) is 11.7. The minimum Gasteiger partial charge on any atom is -0.494 e. The zero-order valence-corrected chi connectivity index (χ0v) is 11.7. The van der Waals surface area contributed by atoms with Crippen LogP contribution in [0.4, 0.5) is 0 Å². The third-order valence-corrected chi connectivity index (χ3v) is 3.84. The van der Waals surface area contributed by atoms with E-state index >= 15 is 0 Å². The van der Waals surface area contributed by atoms with Gasteiger partial charge in [0.15, 0.2) is 0 Å². The Morgan fingerprint density at radius 3 is 2.61 bits per heavy atom. The van der Waals surface area contributed by atoms with Crippen LogP contribution < -0.4 is 4.74 Å². The van der Waals surface area contributed by atoms with Gasteiger partial charge in [0.2, 0.25) is 0 Å². The smallest absolute Gasteiger partial charge is 0.119 e. The molecule has 0 saturated heterocycles. The highest BCUT2D eigenvalue weighted by Gasteiger charge is 2.10. The summed E-state index contributed by atoms with van der Waals surface area (Å²) in [6, 6.07) is 6.64. The number of rotatable bonds is 8. The fourth-order valence-corrected chi connectivity index (χ4v) is 2.71. The van der Waals surface area contributed by atoms with Crippen LogP contribution in [0.15, 0.2) is 18.2 Å². The van der Waals surface area contributed by atoms with Crippen LogP contribution in [-0.2, 0) is 12.8 Å². The third-order valence-electron chi connectivity index (χ3n) is 3.84. The van der Waals surface area contributed by atoms with Crippen molar-refractivity contribution < 1.29 is 4.74 Å². The molecule has 0 heterocycles. The Morgan fingerprint density at radius 2 is 1.72 bits per heavy atom. The normalized spacial score (nSPS) is 13.6. The van der Waals surface area contributed by atoms with Crippen molar-refractivity contribution >= 4 is 0 Å². The van der Waals surface area contributed by atoms with Crippen molar-refractivity contribution in [3.05, 3.63) is 29.3 Å². The molecule has 18 heavy (non-hydrogen) atoms. The lowest BCUT2D eigenvalue weighted by Gasteiger charge is -2.08. The van der Waals surface area contributed by atoms with E-state index in [0.29, 0.717) is 0 Å². The molecule has 1 aliphatic rings. The van der Waals surface area contributed by atoms with E-state index in [2.05, 4.69) is 25.1 Å². The van der Waals surface area contributed by atoms with Gasteiger partial charge in [0.25, 0.3) is 0 Å². The molecule has 0 bridgehead atoms. The zero-order chi connectivity index (χ0) is 12.6. The molecule has 0 spiro atoms. The van der Waals surface area contributed by atoms with Crippen LogP contribution in [0.1, 0.15) is 63.0 Å². The topological polar surface area (TPSA) is 9.23 Å². The molecule has 2 rings (SSSR count). The molecular formula is C17H26O. The van der Waals surface area contributed by atoms with E-state index in [1.165, 1.54) is 68.9 Å². The number of benzene rings is 1. The van der Waals surface area contributed by atoms with Gasteiger partial charge in [0.05, 0.1) is 6.61 Å². The Bertz CT molecular complexity index is 357. The van der Waals surface area contributed by atoms with Gasteiger partial charge in [-0.1, -0.05) is 45.1 Å². The Hall–Kier alpha value is -0.980. The van der Waals surface area contributed by atoms with Gasteiger partial charge in [0.1, 0.15) is 5.75 Å². The van der Waals surface area contributed by atoms with E-state index in [1.807, 2.05) is 0 Å². The quantitative estimate of drug-likeness (QED) is 0.592. The average Bonchev–Trinajstić information content (AvgIpc) is 2.85. The van der Waals surface area contributed by atoms with Crippen molar-refractivity contribution in [2.24, 2.45) is 0 Å². The van der Waals surface area contributed by atoms with E-state index in [1.54, 1.807) is 0 Å². The Labute approximate surface area is 112 Å². The number of ether oxygens (including phenoxy) is 1. The van der Waals surface area contributed by atoms with E-state index < -0.39 is 0 Å². The highest BCUT2D eigenvalue weighted by Crippen LogP contribution is 2.26. The minimum absolute atomic E-state index is 0.880. The van der Waals surface area contributed by atoms with Gasteiger partial charge < -0.3 is 4.74 Å². The van der Waals surface area contributed by atoms with Gasteiger partial charge in [0, 0.05) is 0 Å². The molecule has 100 valence electrons. The summed E-state index contributed by atoms with van der Waals surface area (Å²) in [5.41, 5.74) is 3.04. The van der Waals surface area contributed by atoms with Crippen molar-refractivity contribution in [3.8, 4) is 5.75 Å². The van der Waals surface area contributed by atoms with Crippen LogP contribution in [0.25, 0.3) is 0 Å². The predicted octanol–water partition coefficient (Wildman–Crippen LogP) is 4.91. The summed E-state index contributed by atoms with van der Waals surface area (Å²) in [7, 11) is 0. The molecule has 1 aliphatic carbocycles. The van der Waals surface area contributed by atoms with Gasteiger partial charge in [-0.25, -0.2) is 0 Å². The van der Waals surface area contributed by atoms with Crippen LogP contribution in [0, 0.1) is 0 Å². The van der Waals surface area contributed by atoms with Crippen LogP contribution >= 0.6 is 0 Å². The molecule has 0 fully saturated rings. The average molecular weight is 246 g/mol. The first-order valence-corrected chi connectivity index (χ1v) is 7.65. The lowest BCUT2D eigenvalue weighted by molar-refractivity contribution is 0.304. The summed E-state index contributed by atoms with van der Waals surface area (Å²) in [5, 5.41) is 0. The van der Waals surface area contributed by atoms with Gasteiger partial charge in [-0.15, -0.1) is 0 Å². The molecule has 1 heteroatoms. The number of fused-ring (bicyclic) bond motifs is 1. The molecule has 0 atom stereocenters. The van der Waals surface area contributed by atoms with Gasteiger partial charge in [-0.2, -0.15) is 0 Å². The second kappa shape index (κ2) is 7.45. The summed E-state index contributed by atoms with van der Waals surface area (Å²) < 4.78 is 5.84. The van der Waals surface area contributed by atoms with Crippen LogP contribution in [0.2, 0.25) is 0 Å². The van der Waals surface area contributed by atoms with Crippen molar-refractivity contribution in [1.82, 2.24) is 0 Å². The van der Waals surface area contributed by atoms with Crippen molar-refractivity contribution in [2.45, 2.75) is 64.7 Å². The van der Waals surface area contributed by atoms with E-state index in [0.717, 1.165) is 12.4 Å². The monoisotopic (exact) mass is 246 g/mol. The lowest BCUT2D eigenvalue weighted by atomic mass is 10.1. The summed E-state index contributed by atoms with van der Waals surface area (Å²) >= 11 is 0. The first kappa shape index (κ1) is 13.5. The molecule has 1 nitrogen and oxygen atoms in total. The molecule has 0 aliphatic heterocycles. The maximum absolute atomic E-state index is 5.84. The molecule has 1 aromatic carbocycles. The highest BCUT2D eigenvalue weighted by atomic mass is 16.5. The molecule has 0 amide bonds. The molecule has 0 N–H and O–H groups in total. The minimum atomic E-state index is 0.880. The van der Waals surface area contributed by atoms with E-state index in [-0.39, 0.29) is 0 Å². The van der Waals surface area contributed by atoms with Crippen LogP contribution in [-0.4, -0.2) is 6.61 Å². The standard InChI is InChI=1S/C17H26O/c1-2-3-4-5-6-7-13-18-17-12-11-15-9-8-10-16(15)14-17/h11-12,14H,2-10,13H2,1H3. The Kier molecular flexibility index (Phi) is 5.57. The Morgan fingerprint density at radius 1 is 0.944 bits per heavy atom. The van der Waals surface area contributed by atoms with Gasteiger partial charge >= 0.3 is 0 Å². The molecule has 0 aromatic heterocycles. The maximum atomic E-state index is 5.84. The summed E-state index contributed by atoms with van der Waals surface area (Å²) in [6.45, 7) is 3.14. The number of hydrogen-bond donors (Lipinski definition) is 0. The molecule has 0 saturated carbocycles. The molecule has 0 radical (unpaired) electrons. The molecular weight excluding hydrogens is 220 g/mol.